The fraction of sp³-hybridized carbons (Fsp3) is 0.200. The van der Waals surface area contributed by atoms with Gasteiger partial charge in [-0.15, -0.1) is 0 Å². The van der Waals surface area contributed by atoms with Gasteiger partial charge < -0.3 is 0 Å². The summed E-state index contributed by atoms with van der Waals surface area (Å²) >= 11 is 0. The number of para-hydroxylation sites is 1. The average Bonchev–Trinajstić information content (AvgIpc) is 2.03. The van der Waals surface area contributed by atoms with E-state index in [0.29, 0.717) is 6.42 Å². The molecule has 0 atom stereocenters. The van der Waals surface area contributed by atoms with Crippen LogP contribution < -0.4 is 0 Å². The van der Waals surface area contributed by atoms with Crippen LogP contribution >= 0.6 is 0 Å². The molecule has 0 aromatic heterocycles. The Hall–Kier alpha value is -1.64. The number of nitrogens with zero attached hydrogens (tertiary/aromatic N) is 1. The van der Waals surface area contributed by atoms with Gasteiger partial charge in [-0.3, -0.25) is 10.1 Å². The number of hydrogen-bond acceptors (Lipinski definition) is 2. The summed E-state index contributed by atoms with van der Waals surface area (Å²) < 4.78 is 0. The van der Waals surface area contributed by atoms with E-state index in [4.69, 9.17) is 0 Å². The largest absolute Gasteiger partial charge is 0.272 e. The van der Waals surface area contributed by atoms with E-state index < -0.39 is 0 Å². The molecule has 0 aliphatic carbocycles. The standard InChI is InChI=1S/C10H11NO2/c1-8(2)7-9-5-3-4-6-10(9)11(12)13/h3-6H,1,7H2,2H3. The molecule has 0 saturated carbocycles. The van der Waals surface area contributed by atoms with E-state index in [9.17, 15) is 10.1 Å². The smallest absolute Gasteiger partial charge is 0.258 e. The first-order valence-corrected chi connectivity index (χ1v) is 3.98. The number of nitro benzene ring substituents is 1. The van der Waals surface area contributed by atoms with E-state index in [1.807, 2.05) is 6.92 Å². The van der Waals surface area contributed by atoms with Crippen molar-refractivity contribution < 1.29 is 4.92 Å². The van der Waals surface area contributed by atoms with E-state index in [2.05, 4.69) is 6.58 Å². The summed E-state index contributed by atoms with van der Waals surface area (Å²) in [5.41, 5.74) is 1.82. The van der Waals surface area contributed by atoms with Crippen LogP contribution in [-0.4, -0.2) is 4.92 Å². The van der Waals surface area contributed by atoms with Crippen LogP contribution in [0.5, 0.6) is 0 Å². The van der Waals surface area contributed by atoms with Gasteiger partial charge in [0.1, 0.15) is 0 Å². The highest BCUT2D eigenvalue weighted by atomic mass is 16.6. The number of benzene rings is 1. The van der Waals surface area contributed by atoms with E-state index in [0.717, 1.165) is 11.1 Å². The monoisotopic (exact) mass is 177 g/mol. The maximum absolute atomic E-state index is 10.6. The predicted octanol–water partition coefficient (Wildman–Crippen LogP) is 2.71. The van der Waals surface area contributed by atoms with E-state index in [1.165, 1.54) is 6.07 Å². The molecule has 0 amide bonds. The summed E-state index contributed by atoms with van der Waals surface area (Å²) in [5, 5.41) is 10.6. The van der Waals surface area contributed by atoms with Gasteiger partial charge in [-0.25, -0.2) is 0 Å². The Balaban J connectivity index is 3.04. The molecule has 0 saturated heterocycles. The molecule has 0 bridgehead atoms. The third-order valence-corrected chi connectivity index (χ3v) is 1.68. The summed E-state index contributed by atoms with van der Waals surface area (Å²) in [6.07, 6.45) is 0.567. The maximum Gasteiger partial charge on any atom is 0.272 e. The molecule has 3 heteroatoms. The second kappa shape index (κ2) is 3.85. The topological polar surface area (TPSA) is 43.1 Å². The van der Waals surface area contributed by atoms with Crippen molar-refractivity contribution in [3.8, 4) is 0 Å². The summed E-state index contributed by atoms with van der Waals surface area (Å²) in [5.74, 6) is 0. The van der Waals surface area contributed by atoms with Gasteiger partial charge in [-0.2, -0.15) is 0 Å². The quantitative estimate of drug-likeness (QED) is 0.404. The van der Waals surface area contributed by atoms with Crippen molar-refractivity contribution in [1.29, 1.82) is 0 Å². The zero-order chi connectivity index (χ0) is 9.84. The van der Waals surface area contributed by atoms with Crippen LogP contribution in [-0.2, 0) is 6.42 Å². The van der Waals surface area contributed by atoms with Crippen LogP contribution in [0, 0.1) is 10.1 Å². The van der Waals surface area contributed by atoms with Crippen LogP contribution in [0.25, 0.3) is 0 Å². The van der Waals surface area contributed by atoms with Gasteiger partial charge in [-0.05, 0) is 13.3 Å². The highest BCUT2D eigenvalue weighted by Crippen LogP contribution is 2.19. The maximum atomic E-state index is 10.6. The molecule has 0 aliphatic heterocycles. The highest BCUT2D eigenvalue weighted by molar-refractivity contribution is 5.41. The normalized spacial score (nSPS) is 9.62. The first-order chi connectivity index (χ1) is 6.11. The van der Waals surface area contributed by atoms with Crippen LogP contribution in [0.2, 0.25) is 0 Å². The summed E-state index contributed by atoms with van der Waals surface area (Å²) in [6, 6.07) is 6.73. The number of rotatable bonds is 3. The zero-order valence-corrected chi connectivity index (χ0v) is 7.49. The van der Waals surface area contributed by atoms with Crippen LogP contribution in [0.3, 0.4) is 0 Å². The van der Waals surface area contributed by atoms with Gasteiger partial charge >= 0.3 is 0 Å². The molecule has 3 nitrogen and oxygen atoms in total. The molecule has 0 fully saturated rings. The molecule has 68 valence electrons. The van der Waals surface area contributed by atoms with Gasteiger partial charge in [0.2, 0.25) is 0 Å². The third kappa shape index (κ3) is 2.40. The van der Waals surface area contributed by atoms with Crippen molar-refractivity contribution in [2.75, 3.05) is 0 Å². The lowest BCUT2D eigenvalue weighted by Crippen LogP contribution is -1.95. The van der Waals surface area contributed by atoms with Gasteiger partial charge in [0.25, 0.3) is 5.69 Å². The second-order valence-electron chi connectivity index (χ2n) is 3.02. The van der Waals surface area contributed by atoms with E-state index in [1.54, 1.807) is 18.2 Å². The SMILES string of the molecule is C=C(C)Cc1ccccc1[N+](=O)[O-]. The lowest BCUT2D eigenvalue weighted by Gasteiger charge is -2.00. The van der Waals surface area contributed by atoms with E-state index in [-0.39, 0.29) is 10.6 Å². The molecule has 0 spiro atoms. The molecule has 13 heavy (non-hydrogen) atoms. The minimum atomic E-state index is -0.363. The predicted molar refractivity (Wildman–Crippen MR) is 51.6 cm³/mol. The zero-order valence-electron chi connectivity index (χ0n) is 7.49. The lowest BCUT2D eigenvalue weighted by atomic mass is 10.1. The molecular weight excluding hydrogens is 166 g/mol. The molecule has 1 aromatic carbocycles. The average molecular weight is 177 g/mol. The minimum absolute atomic E-state index is 0.172. The van der Waals surface area contributed by atoms with Crippen LogP contribution in [0.1, 0.15) is 12.5 Å². The van der Waals surface area contributed by atoms with Gasteiger partial charge in [0.15, 0.2) is 0 Å². The molecule has 1 rings (SSSR count). The number of allylic oxidation sites excluding steroid dienone is 1. The molecule has 0 N–H and O–H groups in total. The van der Waals surface area contributed by atoms with Crippen molar-refractivity contribution in [1.82, 2.24) is 0 Å². The van der Waals surface area contributed by atoms with E-state index >= 15 is 0 Å². The Labute approximate surface area is 76.9 Å². The molecule has 1 aromatic rings. The highest BCUT2D eigenvalue weighted by Gasteiger charge is 2.11. The lowest BCUT2D eigenvalue weighted by molar-refractivity contribution is -0.385. The van der Waals surface area contributed by atoms with Crippen molar-refractivity contribution in [3.63, 3.8) is 0 Å². The molecular formula is C10H11NO2. The first-order valence-electron chi connectivity index (χ1n) is 3.98. The van der Waals surface area contributed by atoms with Crippen molar-refractivity contribution in [3.05, 3.63) is 52.1 Å². The van der Waals surface area contributed by atoms with Gasteiger partial charge in [-0.1, -0.05) is 30.4 Å². The Morgan fingerprint density at radius 1 is 1.54 bits per heavy atom. The summed E-state index contributed by atoms with van der Waals surface area (Å²) in [7, 11) is 0. The Bertz CT molecular complexity index is 345. The Morgan fingerprint density at radius 3 is 2.69 bits per heavy atom. The number of hydrogen-bond donors (Lipinski definition) is 0. The Morgan fingerprint density at radius 2 is 2.15 bits per heavy atom. The fourth-order valence-electron chi connectivity index (χ4n) is 1.16. The second-order valence-corrected chi connectivity index (χ2v) is 3.02. The number of nitro groups is 1. The molecule has 0 heterocycles. The molecule has 0 radical (unpaired) electrons. The van der Waals surface area contributed by atoms with Crippen molar-refractivity contribution in [2.45, 2.75) is 13.3 Å². The molecule has 0 aliphatic rings. The van der Waals surface area contributed by atoms with Crippen LogP contribution in [0.15, 0.2) is 36.4 Å². The van der Waals surface area contributed by atoms with Crippen molar-refractivity contribution >= 4 is 5.69 Å². The van der Waals surface area contributed by atoms with Crippen LogP contribution in [0.4, 0.5) is 5.69 Å². The summed E-state index contributed by atoms with van der Waals surface area (Å²) in [4.78, 5) is 10.2. The fourth-order valence-corrected chi connectivity index (χ4v) is 1.16. The van der Waals surface area contributed by atoms with Crippen molar-refractivity contribution in [2.24, 2.45) is 0 Å². The molecule has 0 unspecified atom stereocenters. The third-order valence-electron chi connectivity index (χ3n) is 1.68. The Kier molecular flexibility index (Phi) is 2.80. The summed E-state index contributed by atoms with van der Waals surface area (Å²) in [6.45, 7) is 5.59. The van der Waals surface area contributed by atoms with Gasteiger partial charge in [0, 0.05) is 11.6 Å². The first kappa shape index (κ1) is 9.45. The minimum Gasteiger partial charge on any atom is -0.258 e. The van der Waals surface area contributed by atoms with Gasteiger partial charge in [0.05, 0.1) is 4.92 Å².